The molecular formula is C15H20BrN3O3. The van der Waals surface area contributed by atoms with Crippen LogP contribution in [0.4, 0.5) is 0 Å². The number of nitrogens with one attached hydrogen (secondary N) is 3. The van der Waals surface area contributed by atoms with Crippen LogP contribution < -0.4 is 16.2 Å². The van der Waals surface area contributed by atoms with E-state index in [9.17, 15) is 14.7 Å². The fourth-order valence-corrected chi connectivity index (χ4v) is 3.12. The molecule has 1 saturated heterocycles. The third-order valence-corrected chi connectivity index (χ3v) is 5.11. The Morgan fingerprint density at radius 2 is 1.95 bits per heavy atom. The number of carboxylic acid groups (broad SMARTS) is 1. The molecule has 0 spiro atoms. The van der Waals surface area contributed by atoms with Gasteiger partial charge >= 0.3 is 5.97 Å². The number of carboxylic acids is 1. The van der Waals surface area contributed by atoms with Crippen LogP contribution in [0, 0.1) is 0 Å². The highest BCUT2D eigenvalue weighted by molar-refractivity contribution is 9.09. The normalized spacial score (nSPS) is 27.1. The fourth-order valence-electron chi connectivity index (χ4n) is 2.31. The van der Waals surface area contributed by atoms with Crippen LogP contribution in [0.2, 0.25) is 0 Å². The van der Waals surface area contributed by atoms with Crippen LogP contribution in [0.3, 0.4) is 0 Å². The lowest BCUT2D eigenvalue weighted by atomic mass is 9.97. The molecule has 1 fully saturated rings. The molecule has 4 atom stereocenters. The quantitative estimate of drug-likeness (QED) is 0.588. The maximum atomic E-state index is 12.4. The van der Waals surface area contributed by atoms with Crippen molar-refractivity contribution in [3.05, 3.63) is 35.9 Å². The van der Waals surface area contributed by atoms with Crippen LogP contribution in [-0.2, 0) is 9.59 Å². The summed E-state index contributed by atoms with van der Waals surface area (Å²) in [6.07, 6.45) is 0.309. The van der Waals surface area contributed by atoms with Crippen molar-refractivity contribution in [2.45, 2.75) is 42.7 Å². The first-order valence-corrected chi connectivity index (χ1v) is 8.06. The molecule has 6 nitrogen and oxygen atoms in total. The molecule has 1 aliphatic heterocycles. The van der Waals surface area contributed by atoms with Gasteiger partial charge in [0, 0.05) is 0 Å². The van der Waals surface area contributed by atoms with E-state index in [1.807, 2.05) is 30.3 Å². The minimum absolute atomic E-state index is 0.0744. The molecule has 4 N–H and O–H groups in total. The Morgan fingerprint density at radius 1 is 1.32 bits per heavy atom. The first-order valence-electron chi connectivity index (χ1n) is 7.14. The van der Waals surface area contributed by atoms with E-state index in [4.69, 9.17) is 0 Å². The number of hydrogen-bond acceptors (Lipinski definition) is 4. The summed E-state index contributed by atoms with van der Waals surface area (Å²) in [5, 5.41) is 11.9. The highest BCUT2D eigenvalue weighted by Gasteiger charge is 2.42. The maximum absolute atomic E-state index is 12.4. The van der Waals surface area contributed by atoms with Gasteiger partial charge in [-0.2, -0.15) is 0 Å². The number of rotatable bonds is 5. The van der Waals surface area contributed by atoms with E-state index < -0.39 is 17.6 Å². The Labute approximate surface area is 137 Å². The van der Waals surface area contributed by atoms with Crippen LogP contribution in [0.15, 0.2) is 30.3 Å². The number of amides is 1. The summed E-state index contributed by atoms with van der Waals surface area (Å²) in [4.78, 5) is 23.5. The van der Waals surface area contributed by atoms with Crippen molar-refractivity contribution in [2.24, 2.45) is 0 Å². The van der Waals surface area contributed by atoms with Crippen molar-refractivity contribution in [1.82, 2.24) is 16.2 Å². The van der Waals surface area contributed by atoms with Crippen LogP contribution in [-0.4, -0.2) is 33.4 Å². The second-order valence-electron chi connectivity index (χ2n) is 5.58. The zero-order valence-electron chi connectivity index (χ0n) is 12.5. The smallest absolute Gasteiger partial charge is 0.329 e. The summed E-state index contributed by atoms with van der Waals surface area (Å²) in [6.45, 7) is 3.24. The standard InChI is InChI=1S/C15H20BrN3O3/c1-3-15(2,14(21)22)17-13(20)12-10(16)11(18-19-12)9-7-5-4-6-8-9/h4-8,10-12,18-19H,3H2,1-2H3,(H,17,20)(H,21,22). The van der Waals surface area contributed by atoms with Gasteiger partial charge in [0.05, 0.1) is 10.9 Å². The second kappa shape index (κ2) is 6.76. The molecule has 0 radical (unpaired) electrons. The third kappa shape index (κ3) is 3.31. The Kier molecular flexibility index (Phi) is 5.20. The van der Waals surface area contributed by atoms with Gasteiger partial charge in [0.2, 0.25) is 5.91 Å². The molecule has 4 unspecified atom stereocenters. The number of carbonyl (C=O) groups excluding carboxylic acids is 1. The molecule has 1 aliphatic rings. The zero-order valence-corrected chi connectivity index (χ0v) is 14.1. The van der Waals surface area contributed by atoms with Gasteiger partial charge in [0.1, 0.15) is 11.6 Å². The van der Waals surface area contributed by atoms with Gasteiger partial charge in [0.15, 0.2) is 0 Å². The highest BCUT2D eigenvalue weighted by atomic mass is 79.9. The first kappa shape index (κ1) is 16.9. The van der Waals surface area contributed by atoms with E-state index in [0.29, 0.717) is 6.42 Å². The highest BCUT2D eigenvalue weighted by Crippen LogP contribution is 2.29. The average Bonchev–Trinajstić information content (AvgIpc) is 2.89. The lowest BCUT2D eigenvalue weighted by molar-refractivity contribution is -0.147. The zero-order chi connectivity index (χ0) is 16.3. The lowest BCUT2D eigenvalue weighted by Gasteiger charge is -2.27. The fraction of sp³-hybridized carbons (Fsp3) is 0.467. The molecule has 0 aliphatic carbocycles. The maximum Gasteiger partial charge on any atom is 0.329 e. The van der Waals surface area contributed by atoms with E-state index in [-0.39, 0.29) is 16.8 Å². The Bertz CT molecular complexity index is 554. The molecular weight excluding hydrogens is 350 g/mol. The molecule has 0 bridgehead atoms. The van der Waals surface area contributed by atoms with Gasteiger partial charge in [-0.25, -0.2) is 15.6 Å². The molecule has 0 saturated carbocycles. The summed E-state index contributed by atoms with van der Waals surface area (Å²) >= 11 is 3.54. The topological polar surface area (TPSA) is 90.5 Å². The van der Waals surface area contributed by atoms with E-state index >= 15 is 0 Å². The molecule has 22 heavy (non-hydrogen) atoms. The SMILES string of the molecule is CCC(C)(NC(=O)C1NNC(c2ccccc2)C1Br)C(=O)O. The minimum atomic E-state index is -1.27. The number of hydrazine groups is 1. The average molecular weight is 370 g/mol. The summed E-state index contributed by atoms with van der Waals surface area (Å²) < 4.78 is 0. The van der Waals surface area contributed by atoms with Gasteiger partial charge < -0.3 is 10.4 Å². The van der Waals surface area contributed by atoms with Crippen molar-refractivity contribution in [3.63, 3.8) is 0 Å². The molecule has 1 amide bonds. The van der Waals surface area contributed by atoms with E-state index in [1.54, 1.807) is 6.92 Å². The summed E-state index contributed by atoms with van der Waals surface area (Å²) in [5.74, 6) is -1.39. The van der Waals surface area contributed by atoms with Crippen molar-refractivity contribution >= 4 is 27.8 Å². The molecule has 1 aromatic rings. The number of alkyl halides is 1. The molecule has 1 heterocycles. The van der Waals surface area contributed by atoms with Crippen LogP contribution in [0.25, 0.3) is 0 Å². The third-order valence-electron chi connectivity index (χ3n) is 4.05. The first-order chi connectivity index (χ1) is 10.4. The predicted octanol–water partition coefficient (Wildman–Crippen LogP) is 1.34. The van der Waals surface area contributed by atoms with Gasteiger partial charge in [0.25, 0.3) is 0 Å². The summed E-state index contributed by atoms with van der Waals surface area (Å²) in [6, 6.07) is 9.11. The summed E-state index contributed by atoms with van der Waals surface area (Å²) in [7, 11) is 0. The van der Waals surface area contributed by atoms with Crippen molar-refractivity contribution in [1.29, 1.82) is 0 Å². The molecule has 7 heteroatoms. The Hall–Kier alpha value is -1.44. The van der Waals surface area contributed by atoms with E-state index in [0.717, 1.165) is 5.56 Å². The monoisotopic (exact) mass is 369 g/mol. The molecule has 0 aromatic heterocycles. The lowest BCUT2D eigenvalue weighted by Crippen LogP contribution is -2.57. The number of benzene rings is 1. The number of halogens is 1. The molecule has 120 valence electrons. The van der Waals surface area contributed by atoms with Crippen molar-refractivity contribution in [3.8, 4) is 0 Å². The van der Waals surface area contributed by atoms with Crippen LogP contribution in [0.5, 0.6) is 0 Å². The Morgan fingerprint density at radius 3 is 2.50 bits per heavy atom. The van der Waals surface area contributed by atoms with Gasteiger partial charge in [-0.1, -0.05) is 53.2 Å². The van der Waals surface area contributed by atoms with Gasteiger partial charge in [-0.05, 0) is 18.9 Å². The van der Waals surface area contributed by atoms with Crippen molar-refractivity contribution in [2.75, 3.05) is 0 Å². The second-order valence-corrected chi connectivity index (χ2v) is 6.64. The molecule has 2 rings (SSSR count). The Balaban J connectivity index is 2.08. The number of hydrogen-bond donors (Lipinski definition) is 4. The summed E-state index contributed by atoms with van der Waals surface area (Å²) in [5.41, 5.74) is 5.80. The largest absolute Gasteiger partial charge is 0.480 e. The van der Waals surface area contributed by atoms with E-state index in [2.05, 4.69) is 32.1 Å². The predicted molar refractivity (Wildman–Crippen MR) is 86.4 cm³/mol. The van der Waals surface area contributed by atoms with E-state index in [1.165, 1.54) is 6.92 Å². The van der Waals surface area contributed by atoms with Crippen LogP contribution >= 0.6 is 15.9 Å². The molecule has 1 aromatic carbocycles. The van der Waals surface area contributed by atoms with Crippen molar-refractivity contribution < 1.29 is 14.7 Å². The minimum Gasteiger partial charge on any atom is -0.480 e. The number of carbonyl (C=O) groups is 2. The number of aliphatic carboxylic acids is 1. The van der Waals surface area contributed by atoms with Gasteiger partial charge in [-0.3, -0.25) is 4.79 Å². The van der Waals surface area contributed by atoms with Gasteiger partial charge in [-0.15, -0.1) is 0 Å². The van der Waals surface area contributed by atoms with Crippen LogP contribution in [0.1, 0.15) is 31.9 Å².